The first-order valence-corrected chi connectivity index (χ1v) is 4.86. The summed E-state index contributed by atoms with van der Waals surface area (Å²) in [7, 11) is 3.09. The summed E-state index contributed by atoms with van der Waals surface area (Å²) >= 11 is 0. The van der Waals surface area contributed by atoms with Gasteiger partial charge < -0.3 is 14.6 Å². The standard InChI is InChI=1S/C11H14N2O4/c1-16-9-4-3-8(10(5-9)17-2)6-12-13-11(15)7-14/h3-6,14H,7H2,1-2H3,(H,13,15)/b12-6-. The van der Waals surface area contributed by atoms with Crippen molar-refractivity contribution in [2.24, 2.45) is 5.10 Å². The zero-order valence-corrected chi connectivity index (χ0v) is 9.64. The van der Waals surface area contributed by atoms with Crippen molar-refractivity contribution in [2.75, 3.05) is 20.8 Å². The Kier molecular flexibility index (Phi) is 4.96. The Bertz CT molecular complexity index is 418. The van der Waals surface area contributed by atoms with E-state index < -0.39 is 12.5 Å². The maximum atomic E-state index is 10.7. The highest BCUT2D eigenvalue weighted by Gasteiger charge is 2.02. The molecule has 0 aliphatic heterocycles. The first-order valence-electron chi connectivity index (χ1n) is 4.86. The van der Waals surface area contributed by atoms with Gasteiger partial charge in [-0.1, -0.05) is 0 Å². The molecule has 1 aromatic carbocycles. The second-order valence-corrected chi connectivity index (χ2v) is 3.06. The number of aliphatic hydroxyl groups excluding tert-OH is 1. The highest BCUT2D eigenvalue weighted by Crippen LogP contribution is 2.22. The average Bonchev–Trinajstić information content (AvgIpc) is 2.38. The van der Waals surface area contributed by atoms with Gasteiger partial charge in [-0.3, -0.25) is 4.79 Å². The van der Waals surface area contributed by atoms with Crippen LogP contribution in [0.3, 0.4) is 0 Å². The summed E-state index contributed by atoms with van der Waals surface area (Å²) in [5.41, 5.74) is 2.84. The van der Waals surface area contributed by atoms with Crippen molar-refractivity contribution in [1.29, 1.82) is 0 Å². The molecule has 0 fully saturated rings. The third kappa shape index (κ3) is 3.76. The van der Waals surface area contributed by atoms with Crippen LogP contribution in [0.2, 0.25) is 0 Å². The van der Waals surface area contributed by atoms with E-state index in [1.54, 1.807) is 25.3 Å². The number of carbonyl (C=O) groups is 1. The number of nitrogens with zero attached hydrogens (tertiary/aromatic N) is 1. The first-order chi connectivity index (χ1) is 8.21. The third-order valence-electron chi connectivity index (χ3n) is 1.98. The molecule has 0 saturated carbocycles. The number of ether oxygens (including phenoxy) is 2. The zero-order valence-electron chi connectivity index (χ0n) is 9.64. The lowest BCUT2D eigenvalue weighted by atomic mass is 10.2. The summed E-state index contributed by atoms with van der Waals surface area (Å²) in [4.78, 5) is 10.7. The summed E-state index contributed by atoms with van der Waals surface area (Å²) in [6.45, 7) is -0.600. The normalized spacial score (nSPS) is 10.3. The fourth-order valence-corrected chi connectivity index (χ4v) is 1.13. The Labute approximate surface area is 98.9 Å². The molecule has 2 N–H and O–H groups in total. The number of rotatable bonds is 5. The lowest BCUT2D eigenvalue weighted by molar-refractivity contribution is -0.123. The first kappa shape index (κ1) is 13.0. The number of hydrogen-bond acceptors (Lipinski definition) is 5. The smallest absolute Gasteiger partial charge is 0.265 e. The van der Waals surface area contributed by atoms with E-state index in [0.717, 1.165) is 0 Å². The van der Waals surface area contributed by atoms with Crippen molar-refractivity contribution < 1.29 is 19.4 Å². The van der Waals surface area contributed by atoms with Crippen LogP contribution in [-0.2, 0) is 4.79 Å². The van der Waals surface area contributed by atoms with E-state index in [0.29, 0.717) is 17.1 Å². The number of aliphatic hydroxyl groups is 1. The molecule has 1 rings (SSSR count). The molecule has 0 saturated heterocycles. The Morgan fingerprint density at radius 3 is 2.82 bits per heavy atom. The minimum Gasteiger partial charge on any atom is -0.497 e. The van der Waals surface area contributed by atoms with E-state index >= 15 is 0 Å². The van der Waals surface area contributed by atoms with Crippen molar-refractivity contribution in [3.63, 3.8) is 0 Å². The molecule has 0 unspecified atom stereocenters. The monoisotopic (exact) mass is 238 g/mol. The van der Waals surface area contributed by atoms with Crippen molar-refractivity contribution in [2.45, 2.75) is 0 Å². The van der Waals surface area contributed by atoms with Crippen LogP contribution in [-0.4, -0.2) is 38.1 Å². The summed E-state index contributed by atoms with van der Waals surface area (Å²) < 4.78 is 10.2. The Morgan fingerprint density at radius 1 is 1.47 bits per heavy atom. The van der Waals surface area contributed by atoms with Crippen molar-refractivity contribution >= 4 is 12.1 Å². The molecule has 6 heteroatoms. The van der Waals surface area contributed by atoms with Gasteiger partial charge in [0.2, 0.25) is 0 Å². The Balaban J connectivity index is 2.79. The van der Waals surface area contributed by atoms with Gasteiger partial charge in [0.1, 0.15) is 18.1 Å². The summed E-state index contributed by atoms with van der Waals surface area (Å²) in [6, 6.07) is 5.19. The topological polar surface area (TPSA) is 80.2 Å². The molecule has 1 amide bonds. The molecular weight excluding hydrogens is 224 g/mol. The maximum Gasteiger partial charge on any atom is 0.265 e. The SMILES string of the molecule is COc1ccc(/C=N\NC(=O)CO)c(OC)c1. The van der Waals surface area contributed by atoms with Gasteiger partial charge in [-0.2, -0.15) is 5.10 Å². The van der Waals surface area contributed by atoms with E-state index in [1.807, 2.05) is 0 Å². The van der Waals surface area contributed by atoms with Crippen LogP contribution in [0.5, 0.6) is 11.5 Å². The maximum absolute atomic E-state index is 10.7. The Hall–Kier alpha value is -2.08. The van der Waals surface area contributed by atoms with Gasteiger partial charge >= 0.3 is 0 Å². The van der Waals surface area contributed by atoms with Crippen LogP contribution in [0.25, 0.3) is 0 Å². The quantitative estimate of drug-likeness (QED) is 0.565. The molecule has 0 heterocycles. The van der Waals surface area contributed by atoms with Gasteiger partial charge in [0.05, 0.1) is 20.4 Å². The molecule has 0 atom stereocenters. The molecule has 92 valence electrons. The largest absolute Gasteiger partial charge is 0.497 e. The molecule has 0 bridgehead atoms. The second kappa shape index (κ2) is 6.49. The second-order valence-electron chi connectivity index (χ2n) is 3.06. The molecule has 6 nitrogen and oxygen atoms in total. The number of carbonyl (C=O) groups excluding carboxylic acids is 1. The highest BCUT2D eigenvalue weighted by atomic mass is 16.5. The summed E-state index contributed by atoms with van der Waals surface area (Å²) in [5.74, 6) is 0.665. The predicted octanol–water partition coefficient (Wildman–Crippen LogP) is 0.146. The van der Waals surface area contributed by atoms with Gasteiger partial charge in [-0.05, 0) is 12.1 Å². The van der Waals surface area contributed by atoms with Gasteiger partial charge in [-0.15, -0.1) is 0 Å². The molecule has 0 radical (unpaired) electrons. The number of amides is 1. The van der Waals surface area contributed by atoms with Crippen molar-refractivity contribution in [3.05, 3.63) is 23.8 Å². The zero-order chi connectivity index (χ0) is 12.7. The van der Waals surface area contributed by atoms with Crippen LogP contribution in [0.1, 0.15) is 5.56 Å². The van der Waals surface area contributed by atoms with Crippen molar-refractivity contribution in [1.82, 2.24) is 5.43 Å². The fraction of sp³-hybridized carbons (Fsp3) is 0.273. The van der Waals surface area contributed by atoms with Crippen LogP contribution in [0.4, 0.5) is 0 Å². The lowest BCUT2D eigenvalue weighted by Crippen LogP contribution is -2.20. The van der Waals surface area contributed by atoms with Crippen LogP contribution >= 0.6 is 0 Å². The minimum absolute atomic E-state index is 0.575. The van der Waals surface area contributed by atoms with Crippen LogP contribution in [0.15, 0.2) is 23.3 Å². The lowest BCUT2D eigenvalue weighted by Gasteiger charge is -2.06. The molecular formula is C11H14N2O4. The summed E-state index contributed by atoms with van der Waals surface area (Å²) in [5, 5.41) is 12.1. The van der Waals surface area contributed by atoms with Gasteiger partial charge in [0, 0.05) is 11.6 Å². The van der Waals surface area contributed by atoms with Crippen LogP contribution in [0, 0.1) is 0 Å². The van der Waals surface area contributed by atoms with Gasteiger partial charge in [0.25, 0.3) is 5.91 Å². The minimum atomic E-state index is -0.600. The number of nitrogens with one attached hydrogen (secondary N) is 1. The molecule has 0 aliphatic rings. The summed E-state index contributed by atoms with van der Waals surface area (Å²) in [6.07, 6.45) is 1.42. The number of hydrogen-bond donors (Lipinski definition) is 2. The fourth-order valence-electron chi connectivity index (χ4n) is 1.13. The molecule has 0 spiro atoms. The number of hydrazone groups is 1. The molecule has 17 heavy (non-hydrogen) atoms. The predicted molar refractivity (Wildman–Crippen MR) is 62.4 cm³/mol. The third-order valence-corrected chi connectivity index (χ3v) is 1.98. The molecule has 0 aromatic heterocycles. The van der Waals surface area contributed by atoms with E-state index in [1.165, 1.54) is 13.3 Å². The molecule has 0 aliphatic carbocycles. The van der Waals surface area contributed by atoms with E-state index in [4.69, 9.17) is 14.6 Å². The van der Waals surface area contributed by atoms with Gasteiger partial charge in [0.15, 0.2) is 0 Å². The van der Waals surface area contributed by atoms with E-state index in [2.05, 4.69) is 10.5 Å². The highest BCUT2D eigenvalue weighted by molar-refractivity contribution is 5.85. The number of methoxy groups -OCH3 is 2. The van der Waals surface area contributed by atoms with Gasteiger partial charge in [-0.25, -0.2) is 5.43 Å². The van der Waals surface area contributed by atoms with Crippen LogP contribution < -0.4 is 14.9 Å². The average molecular weight is 238 g/mol. The number of benzene rings is 1. The van der Waals surface area contributed by atoms with E-state index in [-0.39, 0.29) is 0 Å². The Morgan fingerprint density at radius 2 is 2.24 bits per heavy atom. The molecule has 1 aromatic rings. The van der Waals surface area contributed by atoms with Crippen molar-refractivity contribution in [3.8, 4) is 11.5 Å². The van der Waals surface area contributed by atoms with E-state index in [9.17, 15) is 4.79 Å².